The van der Waals surface area contributed by atoms with Gasteiger partial charge in [-0.3, -0.25) is 4.79 Å². The zero-order valence-electron chi connectivity index (χ0n) is 15.4. The number of carbonyl (C=O) groups excluding carboxylic acids is 1. The van der Waals surface area contributed by atoms with Crippen molar-refractivity contribution in [1.29, 1.82) is 0 Å². The monoisotopic (exact) mass is 341 g/mol. The third-order valence-corrected chi connectivity index (χ3v) is 5.06. The molecule has 134 valence electrons. The third kappa shape index (κ3) is 3.44. The minimum absolute atomic E-state index is 0.191. The first kappa shape index (κ1) is 17.6. The molecule has 0 spiro atoms. The van der Waals surface area contributed by atoms with Crippen molar-refractivity contribution in [3.05, 3.63) is 41.5 Å². The summed E-state index contributed by atoms with van der Waals surface area (Å²) in [6.45, 7) is 8.56. The normalized spacial score (nSPS) is 16.7. The first-order valence-corrected chi connectivity index (χ1v) is 8.91. The summed E-state index contributed by atoms with van der Waals surface area (Å²) in [5.41, 5.74) is 7.65. The highest BCUT2D eigenvalue weighted by atomic mass is 16.2. The van der Waals surface area contributed by atoms with Gasteiger partial charge in [-0.05, 0) is 50.2 Å². The molecule has 3 rings (SSSR count). The molecule has 0 saturated heterocycles. The molecule has 1 amide bonds. The molecule has 1 aromatic heterocycles. The van der Waals surface area contributed by atoms with Gasteiger partial charge in [0.1, 0.15) is 5.82 Å². The van der Waals surface area contributed by atoms with Crippen LogP contribution >= 0.6 is 0 Å². The van der Waals surface area contributed by atoms with E-state index in [9.17, 15) is 4.79 Å². The summed E-state index contributed by atoms with van der Waals surface area (Å²) >= 11 is 0. The number of benzene rings is 1. The van der Waals surface area contributed by atoms with Crippen LogP contribution in [0.2, 0.25) is 0 Å². The predicted octanol–water partition coefficient (Wildman–Crippen LogP) is 2.56. The smallest absolute Gasteiger partial charge is 0.291 e. The van der Waals surface area contributed by atoms with Crippen molar-refractivity contribution in [2.45, 2.75) is 52.0 Å². The molecular formula is C19H27N5O. The molecular weight excluding hydrogens is 314 g/mol. The Labute approximate surface area is 148 Å². The molecule has 1 heterocycles. The molecule has 1 unspecified atom stereocenters. The van der Waals surface area contributed by atoms with Crippen LogP contribution in [0.3, 0.4) is 0 Å². The van der Waals surface area contributed by atoms with Gasteiger partial charge in [0, 0.05) is 6.54 Å². The molecule has 1 aliphatic rings. The number of carbonyl (C=O) groups is 1. The SMILES string of the molecule is Cc1nc(C(=O)NC(C)(CN)C2CC2)nn1-c1ccccc1C(C)C. The number of aryl methyl sites for hydroxylation is 1. The molecule has 0 radical (unpaired) electrons. The van der Waals surface area contributed by atoms with Gasteiger partial charge in [0.25, 0.3) is 5.91 Å². The molecule has 1 fully saturated rings. The Hall–Kier alpha value is -2.21. The molecule has 1 atom stereocenters. The summed E-state index contributed by atoms with van der Waals surface area (Å²) < 4.78 is 1.75. The lowest BCUT2D eigenvalue weighted by Gasteiger charge is -2.28. The number of nitrogens with one attached hydrogen (secondary N) is 1. The summed E-state index contributed by atoms with van der Waals surface area (Å²) in [5.74, 6) is 1.43. The Morgan fingerprint density at radius 2 is 2.08 bits per heavy atom. The van der Waals surface area contributed by atoms with Crippen molar-refractivity contribution < 1.29 is 4.79 Å². The molecule has 1 saturated carbocycles. The summed E-state index contributed by atoms with van der Waals surface area (Å²) in [6.07, 6.45) is 2.22. The van der Waals surface area contributed by atoms with Crippen molar-refractivity contribution in [1.82, 2.24) is 20.1 Å². The van der Waals surface area contributed by atoms with E-state index in [1.807, 2.05) is 32.0 Å². The van der Waals surface area contributed by atoms with E-state index in [0.717, 1.165) is 18.5 Å². The van der Waals surface area contributed by atoms with Gasteiger partial charge in [-0.1, -0.05) is 32.0 Å². The minimum Gasteiger partial charge on any atom is -0.343 e. The first-order valence-electron chi connectivity index (χ1n) is 8.91. The van der Waals surface area contributed by atoms with Gasteiger partial charge in [-0.25, -0.2) is 9.67 Å². The van der Waals surface area contributed by atoms with Crippen LogP contribution in [0, 0.1) is 12.8 Å². The molecule has 1 aliphatic carbocycles. The fraction of sp³-hybridized carbons (Fsp3) is 0.526. The molecule has 2 aromatic rings. The van der Waals surface area contributed by atoms with Crippen LogP contribution in [0.15, 0.2) is 24.3 Å². The fourth-order valence-corrected chi connectivity index (χ4v) is 3.24. The second-order valence-corrected chi connectivity index (χ2v) is 7.46. The zero-order chi connectivity index (χ0) is 18.2. The average molecular weight is 341 g/mol. The Bertz CT molecular complexity index is 778. The first-order chi connectivity index (χ1) is 11.9. The summed E-state index contributed by atoms with van der Waals surface area (Å²) in [7, 11) is 0. The number of nitrogens with zero attached hydrogens (tertiary/aromatic N) is 3. The third-order valence-electron chi connectivity index (χ3n) is 5.06. The molecule has 25 heavy (non-hydrogen) atoms. The lowest BCUT2D eigenvalue weighted by atomic mass is 9.96. The van der Waals surface area contributed by atoms with Gasteiger partial charge in [0.15, 0.2) is 0 Å². The van der Waals surface area contributed by atoms with Gasteiger partial charge >= 0.3 is 0 Å². The van der Waals surface area contributed by atoms with Crippen LogP contribution in [-0.4, -0.2) is 32.8 Å². The van der Waals surface area contributed by atoms with Gasteiger partial charge in [-0.15, -0.1) is 5.10 Å². The van der Waals surface area contributed by atoms with E-state index in [2.05, 4.69) is 35.3 Å². The van der Waals surface area contributed by atoms with Gasteiger partial charge in [0.05, 0.1) is 11.2 Å². The molecule has 6 nitrogen and oxygen atoms in total. The highest BCUT2D eigenvalue weighted by Gasteiger charge is 2.42. The molecule has 6 heteroatoms. The van der Waals surface area contributed by atoms with Crippen molar-refractivity contribution in [3.8, 4) is 5.69 Å². The second-order valence-electron chi connectivity index (χ2n) is 7.46. The van der Waals surface area contributed by atoms with Crippen molar-refractivity contribution in [2.24, 2.45) is 11.7 Å². The van der Waals surface area contributed by atoms with Gasteiger partial charge < -0.3 is 11.1 Å². The van der Waals surface area contributed by atoms with Gasteiger partial charge in [0.2, 0.25) is 5.82 Å². The lowest BCUT2D eigenvalue weighted by Crippen LogP contribution is -2.53. The average Bonchev–Trinajstić information content (AvgIpc) is 3.38. The minimum atomic E-state index is -0.383. The number of amides is 1. The number of hydrogen-bond acceptors (Lipinski definition) is 4. The Morgan fingerprint density at radius 1 is 1.40 bits per heavy atom. The van der Waals surface area contributed by atoms with E-state index < -0.39 is 0 Å². The summed E-state index contributed by atoms with van der Waals surface area (Å²) in [5, 5.41) is 7.52. The topological polar surface area (TPSA) is 85.8 Å². The Kier molecular flexibility index (Phi) is 4.64. The van der Waals surface area contributed by atoms with Crippen LogP contribution in [0.1, 0.15) is 61.5 Å². The maximum Gasteiger partial charge on any atom is 0.291 e. The molecule has 0 bridgehead atoms. The Balaban J connectivity index is 1.89. The predicted molar refractivity (Wildman–Crippen MR) is 97.8 cm³/mol. The Morgan fingerprint density at radius 3 is 2.68 bits per heavy atom. The second kappa shape index (κ2) is 6.59. The van der Waals surface area contributed by atoms with Crippen molar-refractivity contribution >= 4 is 5.91 Å². The quantitative estimate of drug-likeness (QED) is 0.845. The number of rotatable bonds is 6. The van der Waals surface area contributed by atoms with Crippen LogP contribution < -0.4 is 11.1 Å². The maximum absolute atomic E-state index is 12.7. The van der Waals surface area contributed by atoms with E-state index >= 15 is 0 Å². The van der Waals surface area contributed by atoms with Crippen LogP contribution in [0.5, 0.6) is 0 Å². The van der Waals surface area contributed by atoms with Crippen LogP contribution in [-0.2, 0) is 0 Å². The fourth-order valence-electron chi connectivity index (χ4n) is 3.24. The highest BCUT2D eigenvalue weighted by molar-refractivity contribution is 5.91. The number of hydrogen-bond donors (Lipinski definition) is 2. The van der Waals surface area contributed by atoms with Crippen LogP contribution in [0.25, 0.3) is 5.69 Å². The van der Waals surface area contributed by atoms with Crippen LogP contribution in [0.4, 0.5) is 0 Å². The maximum atomic E-state index is 12.7. The summed E-state index contributed by atoms with van der Waals surface area (Å²) in [6, 6.07) is 8.08. The number of aromatic nitrogens is 3. The van der Waals surface area contributed by atoms with Crippen molar-refractivity contribution in [2.75, 3.05) is 6.54 Å². The standard InChI is InChI=1S/C19H27N5O/c1-12(2)15-7-5-6-8-16(15)24-13(3)21-17(23-24)18(25)22-19(4,11-20)14-9-10-14/h5-8,12,14H,9-11,20H2,1-4H3,(H,22,25). The number of para-hydroxylation sites is 1. The molecule has 3 N–H and O–H groups in total. The lowest BCUT2D eigenvalue weighted by molar-refractivity contribution is 0.0887. The molecule has 1 aromatic carbocycles. The van der Waals surface area contributed by atoms with E-state index in [4.69, 9.17) is 5.73 Å². The largest absolute Gasteiger partial charge is 0.343 e. The van der Waals surface area contributed by atoms with E-state index in [1.54, 1.807) is 4.68 Å². The summed E-state index contributed by atoms with van der Waals surface area (Å²) in [4.78, 5) is 17.0. The van der Waals surface area contributed by atoms with E-state index in [0.29, 0.717) is 24.2 Å². The van der Waals surface area contributed by atoms with E-state index in [1.165, 1.54) is 5.56 Å². The zero-order valence-corrected chi connectivity index (χ0v) is 15.4. The highest BCUT2D eigenvalue weighted by Crippen LogP contribution is 2.39. The van der Waals surface area contributed by atoms with Gasteiger partial charge in [-0.2, -0.15) is 0 Å². The molecule has 0 aliphatic heterocycles. The van der Waals surface area contributed by atoms with Crippen molar-refractivity contribution in [3.63, 3.8) is 0 Å². The van der Waals surface area contributed by atoms with E-state index in [-0.39, 0.29) is 17.3 Å². The number of nitrogens with two attached hydrogens (primary N) is 1.